The predicted molar refractivity (Wildman–Crippen MR) is 104 cm³/mol. The minimum absolute atomic E-state index is 0.0776. The van der Waals surface area contributed by atoms with Gasteiger partial charge < -0.3 is 15.4 Å². The molecule has 4 amide bonds. The van der Waals surface area contributed by atoms with Crippen LogP contribution < -0.4 is 16.0 Å². The Morgan fingerprint density at radius 3 is 2.68 bits per heavy atom. The molecule has 1 heterocycles. The third-order valence-electron chi connectivity index (χ3n) is 4.62. The first kappa shape index (κ1) is 20.2. The number of anilines is 1. The number of benzene rings is 1. The number of urea groups is 1. The lowest BCUT2D eigenvalue weighted by molar-refractivity contribution is -0.148. The Hall–Kier alpha value is -2.55. The van der Waals surface area contributed by atoms with Crippen molar-refractivity contribution >= 4 is 41.3 Å². The van der Waals surface area contributed by atoms with Crippen molar-refractivity contribution in [3.8, 4) is 0 Å². The van der Waals surface area contributed by atoms with Crippen molar-refractivity contribution in [1.29, 1.82) is 0 Å². The van der Waals surface area contributed by atoms with Crippen LogP contribution in [-0.2, 0) is 19.1 Å². The lowest BCUT2D eigenvalue weighted by Crippen LogP contribution is -2.46. The van der Waals surface area contributed by atoms with E-state index < -0.39 is 29.8 Å². The van der Waals surface area contributed by atoms with Crippen molar-refractivity contribution in [2.75, 3.05) is 11.9 Å². The van der Waals surface area contributed by atoms with Gasteiger partial charge in [-0.3, -0.25) is 19.7 Å². The second-order valence-electron chi connectivity index (χ2n) is 6.81. The number of carbonyl (C=O) groups is 4. The molecule has 0 unspecified atom stereocenters. The molecule has 150 valence electrons. The SMILES string of the molecule is O=C(COC(=O)C[C@@H]1Sc2ccccc2NC1=O)NC(=O)NC1CCCCC1. The molecule has 1 aliphatic heterocycles. The molecule has 8 nitrogen and oxygen atoms in total. The molecule has 1 atom stereocenters. The number of carbonyl (C=O) groups excluding carboxylic acids is 4. The fraction of sp³-hybridized carbons (Fsp3) is 0.474. The highest BCUT2D eigenvalue weighted by molar-refractivity contribution is 8.01. The van der Waals surface area contributed by atoms with E-state index in [4.69, 9.17) is 4.74 Å². The average Bonchev–Trinajstić information content (AvgIpc) is 2.67. The van der Waals surface area contributed by atoms with Crippen molar-refractivity contribution in [3.63, 3.8) is 0 Å². The minimum Gasteiger partial charge on any atom is -0.456 e. The number of fused-ring (bicyclic) bond motifs is 1. The first-order chi connectivity index (χ1) is 13.5. The van der Waals surface area contributed by atoms with Gasteiger partial charge in [-0.1, -0.05) is 31.4 Å². The van der Waals surface area contributed by atoms with Gasteiger partial charge in [-0.15, -0.1) is 11.8 Å². The fourth-order valence-electron chi connectivity index (χ4n) is 3.21. The third-order valence-corrected chi connectivity index (χ3v) is 5.89. The van der Waals surface area contributed by atoms with Gasteiger partial charge in [0.05, 0.1) is 17.4 Å². The molecule has 0 spiro atoms. The number of thioether (sulfide) groups is 1. The van der Waals surface area contributed by atoms with Crippen LogP contribution in [0.2, 0.25) is 0 Å². The predicted octanol–water partition coefficient (Wildman–Crippen LogP) is 2.19. The summed E-state index contributed by atoms with van der Waals surface area (Å²) in [5.74, 6) is -1.65. The molecular weight excluding hydrogens is 382 g/mol. The zero-order chi connectivity index (χ0) is 19.9. The Bertz CT molecular complexity index is 764. The van der Waals surface area contributed by atoms with Gasteiger partial charge in [0.2, 0.25) is 5.91 Å². The Balaban J connectivity index is 1.38. The van der Waals surface area contributed by atoms with Crippen LogP contribution in [0.1, 0.15) is 38.5 Å². The standard InChI is InChI=1S/C19H23N3O5S/c23-16(22-19(26)20-12-6-2-1-3-7-12)11-27-17(24)10-15-18(25)21-13-8-4-5-9-14(13)28-15/h4-5,8-9,12,15H,1-3,6-7,10-11H2,(H,21,25)(H2,20,22,23,26)/t15-/m0/s1. The van der Waals surface area contributed by atoms with Crippen molar-refractivity contribution in [2.45, 2.75) is 54.7 Å². The van der Waals surface area contributed by atoms with Crippen LogP contribution in [0.4, 0.5) is 10.5 Å². The van der Waals surface area contributed by atoms with Gasteiger partial charge in [0.1, 0.15) is 0 Å². The van der Waals surface area contributed by atoms with Crippen molar-refractivity contribution in [3.05, 3.63) is 24.3 Å². The first-order valence-corrected chi connectivity index (χ1v) is 10.2. The third kappa shape index (κ3) is 5.72. The molecule has 9 heteroatoms. The van der Waals surface area contributed by atoms with Crippen LogP contribution in [0.15, 0.2) is 29.2 Å². The Morgan fingerprint density at radius 1 is 1.14 bits per heavy atom. The Morgan fingerprint density at radius 2 is 1.89 bits per heavy atom. The molecule has 1 saturated carbocycles. The van der Waals surface area contributed by atoms with Gasteiger partial charge in [-0.05, 0) is 25.0 Å². The normalized spacial score (nSPS) is 19.1. The van der Waals surface area contributed by atoms with E-state index >= 15 is 0 Å². The van der Waals surface area contributed by atoms with Crippen molar-refractivity contribution < 1.29 is 23.9 Å². The summed E-state index contributed by atoms with van der Waals surface area (Å²) in [7, 11) is 0. The van der Waals surface area contributed by atoms with E-state index in [9.17, 15) is 19.2 Å². The number of hydrogen-bond acceptors (Lipinski definition) is 6. The smallest absolute Gasteiger partial charge is 0.321 e. The van der Waals surface area contributed by atoms with Crippen LogP contribution in [-0.4, -0.2) is 41.7 Å². The molecule has 1 aromatic rings. The van der Waals surface area contributed by atoms with E-state index in [0.29, 0.717) is 5.69 Å². The molecule has 1 aliphatic carbocycles. The summed E-state index contributed by atoms with van der Waals surface area (Å²) >= 11 is 1.28. The number of para-hydroxylation sites is 1. The van der Waals surface area contributed by atoms with Crippen LogP contribution >= 0.6 is 11.8 Å². The van der Waals surface area contributed by atoms with Crippen molar-refractivity contribution in [2.24, 2.45) is 0 Å². The zero-order valence-corrected chi connectivity index (χ0v) is 16.2. The van der Waals surface area contributed by atoms with E-state index in [1.54, 1.807) is 6.07 Å². The molecule has 0 bridgehead atoms. The van der Waals surface area contributed by atoms with Gasteiger partial charge in [-0.25, -0.2) is 4.79 Å². The highest BCUT2D eigenvalue weighted by Crippen LogP contribution is 2.36. The number of hydrogen-bond donors (Lipinski definition) is 3. The largest absolute Gasteiger partial charge is 0.456 e. The van der Waals surface area contributed by atoms with Crippen LogP contribution in [0, 0.1) is 0 Å². The van der Waals surface area contributed by atoms with E-state index in [0.717, 1.165) is 37.0 Å². The summed E-state index contributed by atoms with van der Waals surface area (Å²) in [6, 6.07) is 6.81. The molecule has 3 N–H and O–H groups in total. The zero-order valence-electron chi connectivity index (χ0n) is 15.4. The summed E-state index contributed by atoms with van der Waals surface area (Å²) in [6.45, 7) is -0.563. The van der Waals surface area contributed by atoms with Gasteiger partial charge in [0.25, 0.3) is 5.91 Å². The molecule has 0 aromatic heterocycles. The summed E-state index contributed by atoms with van der Waals surface area (Å²) in [4.78, 5) is 48.5. The number of esters is 1. The summed E-state index contributed by atoms with van der Waals surface area (Å²) in [6.07, 6.45) is 4.94. The van der Waals surface area contributed by atoms with E-state index in [-0.39, 0.29) is 18.4 Å². The Labute approximate surface area is 167 Å². The molecule has 1 fully saturated rings. The average molecular weight is 405 g/mol. The van der Waals surface area contributed by atoms with Crippen molar-refractivity contribution in [1.82, 2.24) is 10.6 Å². The van der Waals surface area contributed by atoms with E-state index in [1.165, 1.54) is 11.8 Å². The Kier molecular flexibility index (Phi) is 6.91. The lowest BCUT2D eigenvalue weighted by atomic mass is 9.96. The number of ether oxygens (including phenoxy) is 1. The topological polar surface area (TPSA) is 114 Å². The molecule has 28 heavy (non-hydrogen) atoms. The van der Waals surface area contributed by atoms with Gasteiger partial charge in [0, 0.05) is 10.9 Å². The van der Waals surface area contributed by atoms with Crippen LogP contribution in [0.5, 0.6) is 0 Å². The number of rotatable bonds is 5. The lowest BCUT2D eigenvalue weighted by Gasteiger charge is -2.23. The molecule has 0 saturated heterocycles. The summed E-state index contributed by atoms with van der Waals surface area (Å²) < 4.78 is 4.91. The quantitative estimate of drug-likeness (QED) is 0.647. The molecule has 0 radical (unpaired) electrons. The number of amides is 4. The molecule has 2 aliphatic rings. The maximum Gasteiger partial charge on any atom is 0.321 e. The first-order valence-electron chi connectivity index (χ1n) is 9.34. The monoisotopic (exact) mass is 405 g/mol. The van der Waals surface area contributed by atoms with Crippen LogP contribution in [0.3, 0.4) is 0 Å². The van der Waals surface area contributed by atoms with Gasteiger partial charge >= 0.3 is 12.0 Å². The van der Waals surface area contributed by atoms with E-state index in [2.05, 4.69) is 16.0 Å². The maximum atomic E-state index is 12.1. The number of imide groups is 1. The molecule has 1 aromatic carbocycles. The molecular formula is C19H23N3O5S. The minimum atomic E-state index is -0.701. The van der Waals surface area contributed by atoms with Gasteiger partial charge in [-0.2, -0.15) is 0 Å². The summed E-state index contributed by atoms with van der Waals surface area (Å²) in [5, 5.41) is 7.03. The highest BCUT2D eigenvalue weighted by atomic mass is 32.2. The fourth-order valence-corrected chi connectivity index (χ4v) is 4.31. The van der Waals surface area contributed by atoms with Crippen LogP contribution in [0.25, 0.3) is 0 Å². The van der Waals surface area contributed by atoms with E-state index in [1.807, 2.05) is 18.2 Å². The summed E-state index contributed by atoms with van der Waals surface area (Å²) in [5.41, 5.74) is 0.713. The second-order valence-corrected chi connectivity index (χ2v) is 8.06. The number of nitrogens with one attached hydrogen (secondary N) is 3. The van der Waals surface area contributed by atoms with Gasteiger partial charge in [0.15, 0.2) is 6.61 Å². The second kappa shape index (κ2) is 9.59. The highest BCUT2D eigenvalue weighted by Gasteiger charge is 2.29. The maximum absolute atomic E-state index is 12.1. The molecule has 3 rings (SSSR count).